The average molecular weight is 356 g/mol. The van der Waals surface area contributed by atoms with Crippen molar-refractivity contribution in [2.75, 3.05) is 4.72 Å². The molecule has 3 aromatic rings. The van der Waals surface area contributed by atoms with E-state index >= 15 is 0 Å². The Bertz CT molecular complexity index is 1040. The highest BCUT2D eigenvalue weighted by atomic mass is 32.2. The summed E-state index contributed by atoms with van der Waals surface area (Å²) in [4.78, 5) is 6.73. The van der Waals surface area contributed by atoms with Crippen molar-refractivity contribution in [2.45, 2.75) is 11.3 Å². The second-order valence-corrected chi connectivity index (χ2v) is 6.94. The fourth-order valence-electron chi connectivity index (χ4n) is 2.36. The Hall–Kier alpha value is -3.18. The first-order valence-electron chi connectivity index (χ1n) is 7.26. The number of sulfonamides is 1. The van der Waals surface area contributed by atoms with E-state index in [2.05, 4.69) is 14.7 Å². The summed E-state index contributed by atoms with van der Waals surface area (Å²) in [6, 6.07) is 8.92. The van der Waals surface area contributed by atoms with Crippen LogP contribution in [0.4, 0.5) is 10.1 Å². The molecule has 0 aliphatic rings. The molecule has 6 nitrogen and oxygen atoms in total. The van der Waals surface area contributed by atoms with Crippen LogP contribution in [-0.2, 0) is 16.4 Å². The Labute approximate surface area is 144 Å². The largest absolute Gasteiger partial charge is 0.366 e. The highest BCUT2D eigenvalue weighted by molar-refractivity contribution is 7.92. The van der Waals surface area contributed by atoms with E-state index < -0.39 is 15.8 Å². The predicted molar refractivity (Wildman–Crippen MR) is 89.8 cm³/mol. The van der Waals surface area contributed by atoms with E-state index in [9.17, 15) is 12.8 Å². The Balaban J connectivity index is 1.89. The van der Waals surface area contributed by atoms with Crippen LogP contribution >= 0.6 is 0 Å². The van der Waals surface area contributed by atoms with Gasteiger partial charge in [0.05, 0.1) is 17.3 Å². The molecule has 0 radical (unpaired) electrons. The maximum Gasteiger partial charge on any atom is 0.263 e. The van der Waals surface area contributed by atoms with E-state index in [1.165, 1.54) is 18.3 Å². The van der Waals surface area contributed by atoms with Crippen LogP contribution in [0.3, 0.4) is 0 Å². The minimum absolute atomic E-state index is 0.0353. The Morgan fingerprint density at radius 1 is 1.20 bits per heavy atom. The van der Waals surface area contributed by atoms with Gasteiger partial charge in [0.2, 0.25) is 0 Å². The van der Waals surface area contributed by atoms with E-state index in [-0.39, 0.29) is 16.1 Å². The van der Waals surface area contributed by atoms with Gasteiger partial charge in [0.25, 0.3) is 10.0 Å². The number of benzene rings is 1. The highest BCUT2D eigenvalue weighted by Crippen LogP contribution is 2.23. The monoisotopic (exact) mass is 356 g/mol. The van der Waals surface area contributed by atoms with Gasteiger partial charge in [-0.2, -0.15) is 5.26 Å². The van der Waals surface area contributed by atoms with Crippen molar-refractivity contribution in [3.63, 3.8) is 0 Å². The van der Waals surface area contributed by atoms with Crippen molar-refractivity contribution in [1.82, 2.24) is 9.97 Å². The summed E-state index contributed by atoms with van der Waals surface area (Å²) in [5.74, 6) is -0.811. The SMILES string of the molecule is N#Cc1ccc(NS(=O)(=O)c2c[nH]cc2Cc2ccncc2)c(F)c1. The third-order valence-corrected chi connectivity index (χ3v) is 5.01. The molecule has 0 aliphatic carbocycles. The van der Waals surface area contributed by atoms with Crippen LogP contribution in [0, 0.1) is 17.1 Å². The Morgan fingerprint density at radius 3 is 2.64 bits per heavy atom. The molecular weight excluding hydrogens is 343 g/mol. The fraction of sp³-hybridized carbons (Fsp3) is 0.0588. The molecule has 2 N–H and O–H groups in total. The molecule has 126 valence electrons. The molecule has 0 saturated heterocycles. The molecular formula is C17H13FN4O2S. The number of aromatic amines is 1. The first-order valence-corrected chi connectivity index (χ1v) is 8.75. The third-order valence-electron chi connectivity index (χ3n) is 3.56. The molecule has 8 heteroatoms. The molecule has 0 spiro atoms. The summed E-state index contributed by atoms with van der Waals surface area (Å²) in [7, 11) is -3.98. The molecule has 0 fully saturated rings. The molecule has 0 unspecified atom stereocenters. The lowest BCUT2D eigenvalue weighted by atomic mass is 10.1. The molecule has 0 bridgehead atoms. The molecule has 0 amide bonds. The van der Waals surface area contributed by atoms with Crippen molar-refractivity contribution >= 4 is 15.7 Å². The normalized spacial score (nSPS) is 11.0. The molecule has 25 heavy (non-hydrogen) atoms. The number of hydrogen-bond donors (Lipinski definition) is 2. The second-order valence-electron chi connectivity index (χ2n) is 5.29. The van der Waals surface area contributed by atoms with E-state index in [0.29, 0.717) is 12.0 Å². The third kappa shape index (κ3) is 3.67. The zero-order valence-electron chi connectivity index (χ0n) is 12.9. The van der Waals surface area contributed by atoms with Gasteiger partial charge in [-0.1, -0.05) is 0 Å². The standard InChI is InChI=1S/C17H13FN4O2S/c18-15-8-13(9-19)1-2-16(15)22-25(23,24)17-11-21-10-14(17)7-12-3-5-20-6-4-12/h1-6,8,10-11,21-22H,7H2. The minimum Gasteiger partial charge on any atom is -0.366 e. The average Bonchev–Trinajstić information content (AvgIpc) is 3.06. The summed E-state index contributed by atoms with van der Waals surface area (Å²) in [6.45, 7) is 0. The Morgan fingerprint density at radius 2 is 1.96 bits per heavy atom. The lowest BCUT2D eigenvalue weighted by Gasteiger charge is -2.10. The van der Waals surface area contributed by atoms with Crippen molar-refractivity contribution in [3.8, 4) is 6.07 Å². The number of nitrogens with zero attached hydrogens (tertiary/aromatic N) is 2. The maximum absolute atomic E-state index is 14.0. The minimum atomic E-state index is -3.98. The van der Waals surface area contributed by atoms with E-state index in [4.69, 9.17) is 5.26 Å². The molecule has 2 heterocycles. The summed E-state index contributed by atoms with van der Waals surface area (Å²) >= 11 is 0. The molecule has 1 aromatic carbocycles. The number of rotatable bonds is 5. The van der Waals surface area contributed by atoms with E-state index in [0.717, 1.165) is 11.6 Å². The quantitative estimate of drug-likeness (QED) is 0.734. The van der Waals surface area contributed by atoms with Crippen LogP contribution in [0.25, 0.3) is 0 Å². The summed E-state index contributed by atoms with van der Waals surface area (Å²) in [5, 5.41) is 8.75. The summed E-state index contributed by atoms with van der Waals surface area (Å²) < 4.78 is 41.4. The van der Waals surface area contributed by atoms with Gasteiger partial charge in [0, 0.05) is 31.2 Å². The topological polar surface area (TPSA) is 98.6 Å². The zero-order chi connectivity index (χ0) is 17.9. The molecule has 2 aromatic heterocycles. The van der Waals surface area contributed by atoms with Crippen molar-refractivity contribution in [1.29, 1.82) is 5.26 Å². The number of hydrogen-bond acceptors (Lipinski definition) is 4. The predicted octanol–water partition coefficient (Wildman–Crippen LogP) is 2.81. The van der Waals surface area contributed by atoms with Crippen LogP contribution in [0.1, 0.15) is 16.7 Å². The number of H-pyrrole nitrogens is 1. The van der Waals surface area contributed by atoms with Crippen LogP contribution in [-0.4, -0.2) is 18.4 Å². The summed E-state index contributed by atoms with van der Waals surface area (Å²) in [6.07, 6.45) is 6.57. The van der Waals surface area contributed by atoms with Crippen molar-refractivity contribution in [2.24, 2.45) is 0 Å². The smallest absolute Gasteiger partial charge is 0.263 e. The van der Waals surface area contributed by atoms with Gasteiger partial charge < -0.3 is 4.98 Å². The van der Waals surface area contributed by atoms with Crippen LogP contribution < -0.4 is 4.72 Å². The van der Waals surface area contributed by atoms with Gasteiger partial charge in [0.15, 0.2) is 0 Å². The lowest BCUT2D eigenvalue weighted by molar-refractivity contribution is 0.598. The molecule has 0 atom stereocenters. The van der Waals surface area contributed by atoms with Gasteiger partial charge in [-0.15, -0.1) is 0 Å². The van der Waals surface area contributed by atoms with Gasteiger partial charge in [-0.25, -0.2) is 12.8 Å². The van der Waals surface area contributed by atoms with Crippen molar-refractivity contribution < 1.29 is 12.8 Å². The van der Waals surface area contributed by atoms with Crippen molar-refractivity contribution in [3.05, 3.63) is 77.6 Å². The number of pyridine rings is 1. The Kier molecular flexibility index (Phi) is 4.50. The van der Waals surface area contributed by atoms with Gasteiger partial charge >= 0.3 is 0 Å². The first kappa shape index (κ1) is 16.7. The van der Waals surface area contributed by atoms with Gasteiger partial charge in [-0.05, 0) is 41.5 Å². The fourth-order valence-corrected chi connectivity index (χ4v) is 3.62. The van der Waals surface area contributed by atoms with Crippen LogP contribution in [0.5, 0.6) is 0 Å². The van der Waals surface area contributed by atoms with Gasteiger partial charge in [0.1, 0.15) is 10.7 Å². The second kappa shape index (κ2) is 6.75. The zero-order valence-corrected chi connectivity index (χ0v) is 13.7. The number of nitrogens with one attached hydrogen (secondary N) is 2. The lowest BCUT2D eigenvalue weighted by Crippen LogP contribution is -2.15. The van der Waals surface area contributed by atoms with Crippen LogP contribution in [0.2, 0.25) is 0 Å². The van der Waals surface area contributed by atoms with Crippen LogP contribution in [0.15, 0.2) is 60.0 Å². The summed E-state index contributed by atoms with van der Waals surface area (Å²) in [5.41, 5.74) is 1.35. The van der Waals surface area contributed by atoms with Gasteiger partial charge in [-0.3, -0.25) is 9.71 Å². The molecule has 3 rings (SSSR count). The molecule has 0 saturated carbocycles. The highest BCUT2D eigenvalue weighted by Gasteiger charge is 2.21. The number of aromatic nitrogens is 2. The van der Waals surface area contributed by atoms with E-state index in [1.807, 2.05) is 0 Å². The number of anilines is 1. The van der Waals surface area contributed by atoms with E-state index in [1.54, 1.807) is 36.8 Å². The molecule has 0 aliphatic heterocycles. The maximum atomic E-state index is 14.0. The first-order chi connectivity index (χ1) is 12.0. The number of nitriles is 1. The number of halogens is 1.